The van der Waals surface area contributed by atoms with E-state index in [0.717, 1.165) is 60.8 Å². The lowest BCUT2D eigenvalue weighted by molar-refractivity contribution is -0.147. The van der Waals surface area contributed by atoms with E-state index in [2.05, 4.69) is 67.3 Å². The summed E-state index contributed by atoms with van der Waals surface area (Å²) >= 11 is 0. The highest BCUT2D eigenvalue weighted by Crippen LogP contribution is 2.39. The van der Waals surface area contributed by atoms with Crippen molar-refractivity contribution >= 4 is 46.9 Å². The van der Waals surface area contributed by atoms with Crippen molar-refractivity contribution in [3.05, 3.63) is 112 Å². The summed E-state index contributed by atoms with van der Waals surface area (Å²) < 4.78 is 0. The summed E-state index contributed by atoms with van der Waals surface area (Å²) in [4.78, 5) is 101. The Labute approximate surface area is 456 Å². The van der Waals surface area contributed by atoms with Crippen LogP contribution < -0.4 is 42.5 Å². The molecule has 3 aliphatic carbocycles. The van der Waals surface area contributed by atoms with Crippen molar-refractivity contribution in [3.63, 3.8) is 0 Å². The number of carbonyl (C=O) groups excluding carboxylic acids is 7. The molecule has 1 heterocycles. The lowest BCUT2D eigenvalue weighted by Crippen LogP contribution is -2.62. The Morgan fingerprint density at radius 3 is 1.78 bits per heavy atom. The van der Waals surface area contributed by atoms with Crippen LogP contribution in [-0.2, 0) is 59.4 Å². The van der Waals surface area contributed by atoms with Crippen LogP contribution in [0.1, 0.15) is 152 Å². The number of anilines is 1. The van der Waals surface area contributed by atoms with Crippen molar-refractivity contribution in [2.75, 3.05) is 19.4 Å². The van der Waals surface area contributed by atoms with Crippen LogP contribution in [0.15, 0.2) is 79.0 Å². The van der Waals surface area contributed by atoms with Crippen molar-refractivity contribution in [3.8, 4) is 0 Å². The summed E-state index contributed by atoms with van der Waals surface area (Å²) in [6.07, 6.45) is 5.77. The Bertz CT molecular complexity index is 2690. The van der Waals surface area contributed by atoms with Gasteiger partial charge < -0.3 is 47.4 Å². The summed E-state index contributed by atoms with van der Waals surface area (Å²) in [7, 11) is 3.50. The van der Waals surface area contributed by atoms with Gasteiger partial charge in [0.1, 0.15) is 12.1 Å². The third-order valence-corrected chi connectivity index (χ3v) is 16.4. The number of nitrogens with one attached hydrogen (secondary N) is 8. The fourth-order valence-corrected chi connectivity index (χ4v) is 11.6. The molecule has 0 aromatic heterocycles. The Hall–Kier alpha value is -6.39. The molecule has 0 spiro atoms. The number of carbonyl (C=O) groups is 7. The highest BCUT2D eigenvalue weighted by molar-refractivity contribution is 5.96. The number of fused-ring (bicyclic) bond motifs is 3. The van der Waals surface area contributed by atoms with Gasteiger partial charge in [-0.3, -0.25) is 33.6 Å². The van der Waals surface area contributed by atoms with E-state index in [-0.39, 0.29) is 92.1 Å². The standard InChI is InChI=1S/C61H85N9O7/c1-35(62-10)36(2)64-54(60(4,5)6)53(73)46-32-43(33-47(46)57(75)67-48-24-16-20-38-18-12-14-22-44(38)48)66-52(72)29-28-51(71)65-42-27-26-40-31-50(58(76)68-49-25-17-21-39-19-13-15-23-45(39)49)70(34-41(40)30-42)59(77)55(61(7,8)9)69-56(74)37(3)63-11/h12-15,18-19,22-23,26-27,30,35,37,43,46-50,54-55,62-64H,2,16-17,20-21,24-25,28-29,31-34H2,1,3-11H3,(H,65,71)(H,66,72)(H,67,75)(H,68,76)(H,69,74)/t35-,37-,43+,46?,47+,48+,49+,50-,54+,55+/m0/s1. The Kier molecular flexibility index (Phi) is 18.9. The first-order chi connectivity index (χ1) is 36.5. The molecule has 0 bridgehead atoms. The zero-order valence-electron chi connectivity index (χ0n) is 47.1. The van der Waals surface area contributed by atoms with Gasteiger partial charge in [0.05, 0.1) is 24.2 Å². The summed E-state index contributed by atoms with van der Waals surface area (Å²) in [6, 6.07) is 17.7. The molecule has 77 heavy (non-hydrogen) atoms. The molecule has 1 unspecified atom stereocenters. The van der Waals surface area contributed by atoms with Gasteiger partial charge in [-0.15, -0.1) is 0 Å². The smallest absolute Gasteiger partial charge is 0.246 e. The molecular formula is C61H85N9O7. The predicted octanol–water partition coefficient (Wildman–Crippen LogP) is 6.39. The molecule has 0 saturated heterocycles. The molecule has 3 aromatic rings. The minimum absolute atomic E-state index is 0.0535. The number of rotatable bonds is 19. The fourth-order valence-electron chi connectivity index (χ4n) is 11.6. The molecule has 7 rings (SSSR count). The second-order valence-corrected chi connectivity index (χ2v) is 24.2. The maximum absolute atomic E-state index is 14.9. The summed E-state index contributed by atoms with van der Waals surface area (Å²) in [5, 5.41) is 25.1. The van der Waals surface area contributed by atoms with Crippen molar-refractivity contribution < 1.29 is 33.6 Å². The second-order valence-electron chi connectivity index (χ2n) is 24.2. The van der Waals surface area contributed by atoms with Crippen LogP contribution in [-0.4, -0.2) is 96.5 Å². The third-order valence-electron chi connectivity index (χ3n) is 16.4. The van der Waals surface area contributed by atoms with Gasteiger partial charge >= 0.3 is 0 Å². The van der Waals surface area contributed by atoms with Gasteiger partial charge in [0, 0.05) is 61.1 Å². The molecule has 16 heteroatoms. The first-order valence-electron chi connectivity index (χ1n) is 27.9. The highest BCUT2D eigenvalue weighted by atomic mass is 16.2. The van der Waals surface area contributed by atoms with E-state index in [4.69, 9.17) is 0 Å². The minimum Gasteiger partial charge on any atom is -0.377 e. The average molecular weight is 1060 g/mol. The summed E-state index contributed by atoms with van der Waals surface area (Å²) in [5.41, 5.74) is 6.05. The van der Waals surface area contributed by atoms with Crippen LogP contribution in [0.3, 0.4) is 0 Å². The first kappa shape index (κ1) is 58.3. The van der Waals surface area contributed by atoms with Crippen LogP contribution in [0.2, 0.25) is 0 Å². The predicted molar refractivity (Wildman–Crippen MR) is 300 cm³/mol. The van der Waals surface area contributed by atoms with Gasteiger partial charge in [-0.1, -0.05) is 103 Å². The molecule has 4 aliphatic rings. The number of hydrogen-bond acceptors (Lipinski definition) is 10. The van der Waals surface area contributed by atoms with Crippen LogP contribution in [0, 0.1) is 22.7 Å². The zero-order chi connectivity index (χ0) is 55.9. The van der Waals surface area contributed by atoms with Crippen LogP contribution >= 0.6 is 0 Å². The Morgan fingerprint density at radius 1 is 0.636 bits per heavy atom. The molecule has 0 radical (unpaired) electrons. The monoisotopic (exact) mass is 1060 g/mol. The molecule has 16 nitrogen and oxygen atoms in total. The van der Waals surface area contributed by atoms with Gasteiger partial charge in [-0.05, 0) is 136 Å². The molecule has 1 fully saturated rings. The van der Waals surface area contributed by atoms with Gasteiger partial charge in [0.15, 0.2) is 5.78 Å². The van der Waals surface area contributed by atoms with Crippen LogP contribution in [0.4, 0.5) is 5.69 Å². The fraction of sp³-hybridized carbons (Fsp3) is 0.557. The number of benzene rings is 3. The molecule has 6 amide bonds. The van der Waals surface area contributed by atoms with Gasteiger partial charge in [-0.25, -0.2) is 0 Å². The normalized spacial score (nSPS) is 22.5. The Balaban J connectivity index is 1.04. The molecule has 10 atom stereocenters. The number of ketones is 1. The number of amides is 6. The highest BCUT2D eigenvalue weighted by Gasteiger charge is 2.48. The largest absolute Gasteiger partial charge is 0.377 e. The van der Waals surface area contributed by atoms with Crippen molar-refractivity contribution in [1.29, 1.82) is 0 Å². The van der Waals surface area contributed by atoms with Gasteiger partial charge in [0.25, 0.3) is 0 Å². The van der Waals surface area contributed by atoms with E-state index < -0.39 is 58.8 Å². The number of hydrogen-bond donors (Lipinski definition) is 8. The minimum atomic E-state index is -0.958. The Morgan fingerprint density at radius 2 is 1.19 bits per heavy atom. The average Bonchev–Trinajstić information content (AvgIpc) is 3.84. The quantitative estimate of drug-likeness (QED) is 0.0662. The van der Waals surface area contributed by atoms with Crippen molar-refractivity contribution in [2.24, 2.45) is 22.7 Å². The van der Waals surface area contributed by atoms with Crippen LogP contribution in [0.5, 0.6) is 0 Å². The van der Waals surface area contributed by atoms with E-state index in [1.165, 1.54) is 11.1 Å². The van der Waals surface area contributed by atoms with E-state index in [1.807, 2.05) is 91.9 Å². The number of nitrogens with zero attached hydrogens (tertiary/aromatic N) is 1. The maximum Gasteiger partial charge on any atom is 0.246 e. The summed E-state index contributed by atoms with van der Waals surface area (Å²) in [5.74, 6) is -3.48. The van der Waals surface area contributed by atoms with Crippen molar-refractivity contribution in [1.82, 2.24) is 42.1 Å². The van der Waals surface area contributed by atoms with E-state index in [1.54, 1.807) is 31.0 Å². The number of Topliss-reactive ketones (excluding diaryl/α,β-unsaturated/α-hetero) is 1. The molecule has 1 aliphatic heterocycles. The summed E-state index contributed by atoms with van der Waals surface area (Å²) in [6.45, 7) is 19.5. The van der Waals surface area contributed by atoms with Crippen LogP contribution in [0.25, 0.3) is 0 Å². The van der Waals surface area contributed by atoms with Crippen molar-refractivity contribution in [2.45, 2.75) is 181 Å². The lowest BCUT2D eigenvalue weighted by Gasteiger charge is -2.42. The molecule has 3 aromatic carbocycles. The third kappa shape index (κ3) is 14.2. The molecule has 416 valence electrons. The number of likely N-dealkylation sites (N-methyl/N-ethyl adjacent to an activating group) is 2. The van der Waals surface area contributed by atoms with Gasteiger partial charge in [0.2, 0.25) is 35.4 Å². The molecular weight excluding hydrogens is 971 g/mol. The maximum atomic E-state index is 14.9. The topological polar surface area (TPSA) is 219 Å². The van der Waals surface area contributed by atoms with E-state index in [0.29, 0.717) is 11.4 Å². The van der Waals surface area contributed by atoms with E-state index in [9.17, 15) is 33.6 Å². The second kappa shape index (κ2) is 24.9. The number of aryl methyl sites for hydroxylation is 2. The molecule has 1 saturated carbocycles. The molecule has 8 N–H and O–H groups in total. The first-order valence-corrected chi connectivity index (χ1v) is 27.9. The SMILES string of the molecule is C=C(N[C@H](C(=O)C1C[C@@H](NC(=O)CCC(=O)Nc2ccc3c(c2)CN(C(=O)[C@@H](NC(=O)[C@H](C)NC)C(C)(C)C)[C@H](C(=O)N[C@@H]2CCCc4ccccc42)C3)C[C@H]1C(=O)N[C@@H]1CCCc2ccccc21)C(C)(C)C)[C@H](C)NC. The zero-order valence-corrected chi connectivity index (χ0v) is 47.1. The lowest BCUT2D eigenvalue weighted by atomic mass is 9.77. The van der Waals surface area contributed by atoms with Gasteiger partial charge in [-0.2, -0.15) is 0 Å². The van der Waals surface area contributed by atoms with E-state index >= 15 is 0 Å².